The summed E-state index contributed by atoms with van der Waals surface area (Å²) in [7, 11) is 0. The van der Waals surface area contributed by atoms with Gasteiger partial charge in [-0.2, -0.15) is 5.10 Å². The summed E-state index contributed by atoms with van der Waals surface area (Å²) in [6.45, 7) is 11.7. The average molecular weight is 731 g/mol. The van der Waals surface area contributed by atoms with Gasteiger partial charge in [0.25, 0.3) is 5.91 Å². The van der Waals surface area contributed by atoms with Gasteiger partial charge in [0, 0.05) is 48.6 Å². The van der Waals surface area contributed by atoms with Gasteiger partial charge in [0.05, 0.1) is 22.0 Å². The SMILES string of the molecule is CCOC12CC3(C)CC(C)(CC(Cn4ncc(-c5ccc(N6CCc7cccc(C(=O)Nc8nc9ccccc9s8)c7C6)nc5C(=O)O)c4C)(C3)C1)C2. The molecule has 1 aliphatic heterocycles. The number of hydrogen-bond acceptors (Lipinski definition) is 8. The molecule has 4 saturated carbocycles. The Kier molecular flexibility index (Phi) is 7.87. The third-order valence-corrected chi connectivity index (χ3v) is 13.4. The van der Waals surface area contributed by atoms with Crippen molar-refractivity contribution in [3.05, 3.63) is 88.9 Å². The van der Waals surface area contributed by atoms with Gasteiger partial charge >= 0.3 is 5.97 Å². The third-order valence-electron chi connectivity index (χ3n) is 12.4. The number of rotatable bonds is 9. The highest BCUT2D eigenvalue weighted by Crippen LogP contribution is 2.72. The van der Waals surface area contributed by atoms with Crippen LogP contribution in [0.25, 0.3) is 21.3 Å². The van der Waals surface area contributed by atoms with E-state index in [1.54, 1.807) is 0 Å². The first-order valence-corrected chi connectivity index (χ1v) is 19.6. The molecule has 1 amide bonds. The predicted octanol–water partition coefficient (Wildman–Crippen LogP) is 8.53. The fourth-order valence-corrected chi connectivity index (χ4v) is 12.6. The van der Waals surface area contributed by atoms with Gasteiger partial charge < -0.3 is 14.7 Å². The second-order valence-electron chi connectivity index (χ2n) is 17.0. The number of nitrogens with zero attached hydrogens (tertiary/aromatic N) is 5. The Morgan fingerprint density at radius 3 is 2.49 bits per heavy atom. The molecule has 2 aromatic carbocycles. The molecule has 2 atom stereocenters. The number of carboxylic acid groups (broad SMARTS) is 1. The fourth-order valence-electron chi connectivity index (χ4n) is 11.7. The molecule has 2 N–H and O–H groups in total. The van der Waals surface area contributed by atoms with Crippen molar-refractivity contribution in [3.63, 3.8) is 0 Å². The van der Waals surface area contributed by atoms with Crippen LogP contribution < -0.4 is 10.2 Å². The Hall–Kier alpha value is -4.61. The molecule has 11 heteroatoms. The topological polar surface area (TPSA) is 122 Å². The molecule has 4 heterocycles. The Morgan fingerprint density at radius 2 is 1.74 bits per heavy atom. The maximum absolute atomic E-state index is 13.6. The van der Waals surface area contributed by atoms with E-state index in [0.717, 1.165) is 65.0 Å². The van der Waals surface area contributed by atoms with E-state index in [2.05, 4.69) is 46.7 Å². The Labute approximate surface area is 313 Å². The first kappa shape index (κ1) is 34.2. The molecule has 10 rings (SSSR count). The summed E-state index contributed by atoms with van der Waals surface area (Å²) in [6, 6.07) is 17.4. The number of para-hydroxylation sites is 1. The summed E-state index contributed by atoms with van der Waals surface area (Å²) in [4.78, 5) is 37.8. The highest BCUT2D eigenvalue weighted by Gasteiger charge is 2.66. The first-order valence-electron chi connectivity index (χ1n) is 18.8. The summed E-state index contributed by atoms with van der Waals surface area (Å²) in [5, 5.41) is 18.9. The molecule has 0 saturated heterocycles. The van der Waals surface area contributed by atoms with Crippen molar-refractivity contribution in [1.29, 1.82) is 0 Å². The number of carboxylic acids is 1. The molecule has 0 spiro atoms. The zero-order valence-corrected chi connectivity index (χ0v) is 31.7. The molecule has 5 aliphatic rings. The van der Waals surface area contributed by atoms with Gasteiger partial charge in [-0.1, -0.05) is 49.4 Å². The van der Waals surface area contributed by atoms with E-state index in [0.29, 0.717) is 41.6 Å². The lowest BCUT2D eigenvalue weighted by Gasteiger charge is -2.69. The monoisotopic (exact) mass is 730 g/mol. The van der Waals surface area contributed by atoms with Crippen LogP contribution in [0.15, 0.2) is 60.8 Å². The third kappa shape index (κ3) is 5.92. The van der Waals surface area contributed by atoms with Crippen LogP contribution in [0.5, 0.6) is 0 Å². The van der Waals surface area contributed by atoms with E-state index < -0.39 is 5.97 Å². The van der Waals surface area contributed by atoms with Crippen molar-refractivity contribution >= 4 is 44.4 Å². The molecule has 53 heavy (non-hydrogen) atoms. The normalized spacial score (nSPS) is 27.3. The highest BCUT2D eigenvalue weighted by molar-refractivity contribution is 7.22. The predicted molar refractivity (Wildman–Crippen MR) is 207 cm³/mol. The maximum atomic E-state index is 13.6. The van der Waals surface area contributed by atoms with E-state index in [4.69, 9.17) is 14.8 Å². The van der Waals surface area contributed by atoms with E-state index in [1.165, 1.54) is 30.6 Å². The summed E-state index contributed by atoms with van der Waals surface area (Å²) in [5.74, 6) is -0.725. The summed E-state index contributed by atoms with van der Waals surface area (Å²) >= 11 is 1.45. The average Bonchev–Trinajstić information content (AvgIpc) is 3.67. The Morgan fingerprint density at radius 1 is 0.943 bits per heavy atom. The molecule has 10 nitrogen and oxygen atoms in total. The number of thiazole rings is 1. The smallest absolute Gasteiger partial charge is 0.355 e. The summed E-state index contributed by atoms with van der Waals surface area (Å²) < 4.78 is 9.71. The van der Waals surface area contributed by atoms with Crippen molar-refractivity contribution in [2.24, 2.45) is 16.2 Å². The largest absolute Gasteiger partial charge is 0.476 e. The number of nitrogens with one attached hydrogen (secondary N) is 1. The van der Waals surface area contributed by atoms with Crippen LogP contribution in [-0.4, -0.2) is 55.5 Å². The number of amides is 1. The molecule has 4 aliphatic carbocycles. The number of aromatic nitrogens is 4. The van der Waals surface area contributed by atoms with Crippen LogP contribution >= 0.6 is 11.3 Å². The molecule has 4 fully saturated rings. The van der Waals surface area contributed by atoms with Crippen LogP contribution in [0.4, 0.5) is 10.9 Å². The molecular weight excluding hydrogens is 685 g/mol. The lowest BCUT2D eigenvalue weighted by molar-refractivity contribution is -0.246. The number of aromatic carboxylic acids is 1. The fraction of sp³-hybridized carbons (Fsp3) is 0.452. The van der Waals surface area contributed by atoms with E-state index in [9.17, 15) is 14.7 Å². The minimum atomic E-state index is -1.08. The van der Waals surface area contributed by atoms with Gasteiger partial charge in [0.15, 0.2) is 10.8 Å². The molecule has 2 unspecified atom stereocenters. The number of anilines is 2. The van der Waals surface area contributed by atoms with Gasteiger partial charge in [-0.3, -0.25) is 14.8 Å². The van der Waals surface area contributed by atoms with Crippen molar-refractivity contribution in [1.82, 2.24) is 19.7 Å². The van der Waals surface area contributed by atoms with Crippen LogP contribution in [0.1, 0.15) is 97.0 Å². The summed E-state index contributed by atoms with van der Waals surface area (Å²) in [6.07, 6.45) is 9.43. The number of carbonyl (C=O) groups is 2. The van der Waals surface area contributed by atoms with Crippen molar-refractivity contribution < 1.29 is 19.4 Å². The van der Waals surface area contributed by atoms with Gasteiger partial charge in [-0.25, -0.2) is 14.8 Å². The van der Waals surface area contributed by atoms with Crippen molar-refractivity contribution in [3.8, 4) is 11.1 Å². The zero-order valence-electron chi connectivity index (χ0n) is 30.9. The molecule has 0 radical (unpaired) electrons. The van der Waals surface area contributed by atoms with Crippen LogP contribution in [0, 0.1) is 23.2 Å². The number of benzene rings is 2. The molecule has 5 aromatic rings. The van der Waals surface area contributed by atoms with Gasteiger partial charge in [-0.15, -0.1) is 0 Å². The number of fused-ring (bicyclic) bond motifs is 2. The van der Waals surface area contributed by atoms with Gasteiger partial charge in [0.2, 0.25) is 0 Å². The van der Waals surface area contributed by atoms with Crippen molar-refractivity contribution in [2.45, 2.75) is 91.3 Å². The molecule has 4 bridgehead atoms. The summed E-state index contributed by atoms with van der Waals surface area (Å²) in [5.41, 5.74) is 6.30. The number of ether oxygens (including phenoxy) is 1. The van der Waals surface area contributed by atoms with Crippen LogP contribution in [0.3, 0.4) is 0 Å². The van der Waals surface area contributed by atoms with E-state index >= 15 is 0 Å². The lowest BCUT2D eigenvalue weighted by atomic mass is 9.39. The van der Waals surface area contributed by atoms with Crippen molar-refractivity contribution in [2.75, 3.05) is 23.4 Å². The van der Waals surface area contributed by atoms with Crippen LogP contribution in [0.2, 0.25) is 0 Å². The van der Waals surface area contributed by atoms with E-state index in [1.807, 2.05) is 61.7 Å². The minimum Gasteiger partial charge on any atom is -0.476 e. The first-order chi connectivity index (χ1) is 25.4. The Balaban J connectivity index is 0.974. The molecule has 3 aromatic heterocycles. The second kappa shape index (κ2) is 12.2. The molecular formula is C42H46N6O4S. The van der Waals surface area contributed by atoms with E-state index in [-0.39, 0.29) is 33.4 Å². The zero-order chi connectivity index (χ0) is 36.8. The number of pyridine rings is 1. The second-order valence-corrected chi connectivity index (χ2v) is 18.1. The number of hydrogen-bond donors (Lipinski definition) is 2. The quantitative estimate of drug-likeness (QED) is 0.155. The standard InChI is InChI=1S/C42H46N6O4S/c1-5-52-42-22-39(3)19-40(4,23-42)21-41(20-39,24-42)25-48-26(2)30(17-43-48)28-13-14-34(45-35(28)37(50)51)47-16-15-27-9-8-10-29(31(27)18-47)36(49)46-38-44-32-11-6-7-12-33(32)53-38/h6-14,17H,5,15-16,18-25H2,1-4H3,(H,50,51)(H,44,46,49). The number of carbonyl (C=O) groups excluding carboxylic acids is 1. The highest BCUT2D eigenvalue weighted by atomic mass is 32.1. The molecule has 274 valence electrons. The van der Waals surface area contributed by atoms with Gasteiger partial charge in [-0.05, 0) is 116 Å². The minimum absolute atomic E-state index is 0.00272. The Bertz CT molecular complexity index is 2240. The lowest BCUT2D eigenvalue weighted by Crippen LogP contribution is -2.64. The maximum Gasteiger partial charge on any atom is 0.355 e. The van der Waals surface area contributed by atoms with Crippen LogP contribution in [-0.2, 0) is 24.2 Å². The van der Waals surface area contributed by atoms with Gasteiger partial charge in [0.1, 0.15) is 5.82 Å².